The monoisotopic (exact) mass is 551 g/mol. The lowest BCUT2D eigenvalue weighted by Gasteiger charge is -2.25. The van der Waals surface area contributed by atoms with Crippen LogP contribution in [0.1, 0.15) is 39.1 Å². The second-order valence-corrected chi connectivity index (χ2v) is 12.1. The Bertz CT molecular complexity index is 1700. The third kappa shape index (κ3) is 4.69. The minimum atomic E-state index is -3.69. The van der Waals surface area contributed by atoms with Crippen molar-refractivity contribution in [1.82, 2.24) is 4.31 Å². The maximum absolute atomic E-state index is 13.7. The molecule has 0 aromatic heterocycles. The van der Waals surface area contributed by atoms with Crippen molar-refractivity contribution < 1.29 is 18.0 Å². The van der Waals surface area contributed by atoms with E-state index in [0.29, 0.717) is 42.0 Å². The van der Waals surface area contributed by atoms with Gasteiger partial charge in [0, 0.05) is 35.9 Å². The summed E-state index contributed by atoms with van der Waals surface area (Å²) in [5.41, 5.74) is 4.85. The molecular weight excluding hydrogens is 522 g/mol. The summed E-state index contributed by atoms with van der Waals surface area (Å²) >= 11 is 0. The van der Waals surface area contributed by atoms with Gasteiger partial charge in [-0.25, -0.2) is 8.42 Å². The van der Waals surface area contributed by atoms with Gasteiger partial charge in [-0.15, -0.1) is 0 Å². The summed E-state index contributed by atoms with van der Waals surface area (Å²) in [6.07, 6.45) is 1.49. The van der Waals surface area contributed by atoms with E-state index in [2.05, 4.69) is 5.32 Å². The first-order chi connectivity index (χ1) is 19.3. The van der Waals surface area contributed by atoms with Crippen LogP contribution in [0.4, 0.5) is 11.4 Å². The van der Waals surface area contributed by atoms with Crippen LogP contribution in [0.15, 0.2) is 102 Å². The normalized spacial score (nSPS) is 17.9. The topological polar surface area (TPSA) is 86.8 Å². The first-order valence-corrected chi connectivity index (χ1v) is 14.8. The lowest BCUT2D eigenvalue weighted by Crippen LogP contribution is -2.42. The van der Waals surface area contributed by atoms with Crippen molar-refractivity contribution in [3.05, 3.63) is 114 Å². The van der Waals surface area contributed by atoms with Gasteiger partial charge >= 0.3 is 0 Å². The number of anilines is 2. The van der Waals surface area contributed by atoms with Crippen LogP contribution in [0.2, 0.25) is 0 Å². The standard InChI is InChI=1S/C32H29N3O4S/c1-22-12-14-23(15-13-22)27-8-2-3-9-28(27)31(36)33-25-18-16-24(17-19-25)32(37)34-21-26-7-6-20-35(26)40(38,39)30-11-5-4-10-29(30)34/h2-5,8-19,26H,6-7,20-21H2,1H3,(H,33,36)/t26-/m1/s1. The molecule has 6 rings (SSSR count). The number of hydrogen-bond donors (Lipinski definition) is 1. The van der Waals surface area contributed by atoms with Crippen LogP contribution < -0.4 is 10.2 Å². The van der Waals surface area contributed by atoms with E-state index < -0.39 is 10.0 Å². The van der Waals surface area contributed by atoms with Crippen LogP contribution in [0.3, 0.4) is 0 Å². The van der Waals surface area contributed by atoms with Crippen molar-refractivity contribution in [3.8, 4) is 11.1 Å². The van der Waals surface area contributed by atoms with Gasteiger partial charge in [-0.05, 0) is 73.4 Å². The molecular formula is C32H29N3O4S. The van der Waals surface area contributed by atoms with Crippen molar-refractivity contribution in [3.63, 3.8) is 0 Å². The van der Waals surface area contributed by atoms with Crippen LogP contribution in [0.5, 0.6) is 0 Å². The van der Waals surface area contributed by atoms with Crippen molar-refractivity contribution in [2.24, 2.45) is 0 Å². The summed E-state index contributed by atoms with van der Waals surface area (Å²) < 4.78 is 28.2. The first kappa shape index (κ1) is 26.0. The van der Waals surface area contributed by atoms with Gasteiger partial charge in [-0.3, -0.25) is 9.59 Å². The number of aryl methyl sites for hydroxylation is 1. The molecule has 7 nitrogen and oxygen atoms in total. The molecule has 0 bridgehead atoms. The van der Waals surface area contributed by atoms with Crippen molar-refractivity contribution >= 4 is 33.2 Å². The summed E-state index contributed by atoms with van der Waals surface area (Å²) in [6, 6.07) is 28.6. The molecule has 4 aromatic rings. The molecule has 40 heavy (non-hydrogen) atoms. The first-order valence-electron chi connectivity index (χ1n) is 13.3. The number of carbonyl (C=O) groups is 2. The highest BCUT2D eigenvalue weighted by molar-refractivity contribution is 7.89. The van der Waals surface area contributed by atoms with Crippen molar-refractivity contribution in [2.45, 2.75) is 30.7 Å². The van der Waals surface area contributed by atoms with Gasteiger partial charge < -0.3 is 10.2 Å². The highest BCUT2D eigenvalue weighted by Crippen LogP contribution is 2.37. The van der Waals surface area contributed by atoms with Crippen LogP contribution in [0.25, 0.3) is 11.1 Å². The van der Waals surface area contributed by atoms with Crippen LogP contribution in [-0.4, -0.2) is 43.7 Å². The molecule has 8 heteroatoms. The summed E-state index contributed by atoms with van der Waals surface area (Å²) in [5.74, 6) is -0.526. The van der Waals surface area contributed by atoms with Gasteiger partial charge in [-0.2, -0.15) is 4.31 Å². The Morgan fingerprint density at radius 2 is 1.55 bits per heavy atom. The predicted octanol–water partition coefficient (Wildman–Crippen LogP) is 5.73. The lowest BCUT2D eigenvalue weighted by atomic mass is 9.98. The second kappa shape index (κ2) is 10.4. The smallest absolute Gasteiger partial charge is 0.258 e. The SMILES string of the molecule is Cc1ccc(-c2ccccc2C(=O)Nc2ccc(C(=O)N3C[C@H]4CCCN4S(=O)(=O)c4ccccc43)cc2)cc1. The van der Waals surface area contributed by atoms with Gasteiger partial charge in [0.25, 0.3) is 11.8 Å². The highest BCUT2D eigenvalue weighted by Gasteiger charge is 2.42. The van der Waals surface area contributed by atoms with E-state index in [4.69, 9.17) is 0 Å². The molecule has 2 aliphatic rings. The van der Waals surface area contributed by atoms with Gasteiger partial charge in [-0.1, -0.05) is 60.2 Å². The van der Waals surface area contributed by atoms with Gasteiger partial charge in [0.15, 0.2) is 0 Å². The number of benzene rings is 4. The molecule has 0 spiro atoms. The molecule has 202 valence electrons. The molecule has 2 amide bonds. The lowest BCUT2D eigenvalue weighted by molar-refractivity contribution is 0.0981. The Kier molecular flexibility index (Phi) is 6.73. The molecule has 0 aliphatic carbocycles. The third-order valence-electron chi connectivity index (χ3n) is 7.63. The molecule has 0 radical (unpaired) electrons. The van der Waals surface area contributed by atoms with E-state index in [1.807, 2.05) is 49.4 Å². The minimum Gasteiger partial charge on any atom is -0.322 e. The number of para-hydroxylation sites is 1. The Hall–Kier alpha value is -4.27. The zero-order valence-corrected chi connectivity index (χ0v) is 22.9. The maximum atomic E-state index is 13.7. The molecule has 4 aromatic carbocycles. The Morgan fingerprint density at radius 1 is 0.850 bits per heavy atom. The largest absolute Gasteiger partial charge is 0.322 e. The predicted molar refractivity (Wildman–Crippen MR) is 156 cm³/mol. The van der Waals surface area contributed by atoms with E-state index in [0.717, 1.165) is 23.1 Å². The zero-order chi connectivity index (χ0) is 27.9. The molecule has 1 fully saturated rings. The maximum Gasteiger partial charge on any atom is 0.258 e. The third-order valence-corrected chi connectivity index (χ3v) is 9.63. The summed E-state index contributed by atoms with van der Waals surface area (Å²) in [7, 11) is -3.69. The number of nitrogens with zero attached hydrogens (tertiary/aromatic N) is 2. The summed E-state index contributed by atoms with van der Waals surface area (Å²) in [5, 5.41) is 2.94. The van der Waals surface area contributed by atoms with E-state index >= 15 is 0 Å². The number of rotatable bonds is 4. The van der Waals surface area contributed by atoms with Gasteiger partial charge in [0.05, 0.1) is 5.69 Å². The Morgan fingerprint density at radius 3 is 2.33 bits per heavy atom. The fraction of sp³-hybridized carbons (Fsp3) is 0.188. The number of fused-ring (bicyclic) bond motifs is 2. The number of sulfonamides is 1. The molecule has 0 unspecified atom stereocenters. The average Bonchev–Trinajstić information content (AvgIpc) is 3.43. The highest BCUT2D eigenvalue weighted by atomic mass is 32.2. The second-order valence-electron chi connectivity index (χ2n) is 10.2. The van der Waals surface area contributed by atoms with Crippen LogP contribution >= 0.6 is 0 Å². The number of nitrogens with one attached hydrogen (secondary N) is 1. The number of hydrogen-bond acceptors (Lipinski definition) is 4. The van der Waals surface area contributed by atoms with E-state index in [-0.39, 0.29) is 22.8 Å². The average molecular weight is 552 g/mol. The van der Waals surface area contributed by atoms with Gasteiger partial charge in [0.1, 0.15) is 4.90 Å². The Labute approximate surface area is 234 Å². The molecule has 2 aliphatic heterocycles. The Balaban J connectivity index is 1.25. The minimum absolute atomic E-state index is 0.156. The molecule has 1 N–H and O–H groups in total. The fourth-order valence-electron chi connectivity index (χ4n) is 5.55. The van der Waals surface area contributed by atoms with E-state index in [1.165, 1.54) is 4.31 Å². The zero-order valence-electron chi connectivity index (χ0n) is 22.1. The van der Waals surface area contributed by atoms with Crippen LogP contribution in [0, 0.1) is 6.92 Å². The quantitative estimate of drug-likeness (QED) is 0.351. The van der Waals surface area contributed by atoms with Crippen molar-refractivity contribution in [1.29, 1.82) is 0 Å². The number of amides is 2. The fourth-order valence-corrected chi connectivity index (χ4v) is 7.43. The number of carbonyl (C=O) groups excluding carboxylic acids is 2. The van der Waals surface area contributed by atoms with Gasteiger partial charge in [0.2, 0.25) is 10.0 Å². The molecule has 1 atom stereocenters. The van der Waals surface area contributed by atoms with E-state index in [1.54, 1.807) is 59.5 Å². The molecule has 0 saturated carbocycles. The van der Waals surface area contributed by atoms with E-state index in [9.17, 15) is 18.0 Å². The molecule has 1 saturated heterocycles. The molecule has 2 heterocycles. The summed E-state index contributed by atoms with van der Waals surface area (Å²) in [4.78, 5) is 28.7. The van der Waals surface area contributed by atoms with Crippen LogP contribution in [-0.2, 0) is 10.0 Å². The summed E-state index contributed by atoms with van der Waals surface area (Å²) in [6.45, 7) is 2.78. The van der Waals surface area contributed by atoms with Crippen molar-refractivity contribution in [2.75, 3.05) is 23.3 Å².